The zero-order valence-electron chi connectivity index (χ0n) is 9.83. The van der Waals surface area contributed by atoms with Crippen molar-refractivity contribution in [1.82, 2.24) is 20.6 Å². The number of carbonyl (C=O) groups is 1. The maximum atomic E-state index is 12.2. The number of carbonyl (C=O) groups excluding carboxylic acids is 1. The van der Waals surface area contributed by atoms with Crippen molar-refractivity contribution < 1.29 is 4.79 Å². The van der Waals surface area contributed by atoms with Gasteiger partial charge in [0.25, 0.3) is 0 Å². The molecule has 2 heterocycles. The van der Waals surface area contributed by atoms with Crippen molar-refractivity contribution in [2.45, 2.75) is 19.3 Å². The lowest BCUT2D eigenvalue weighted by atomic mass is 10.0. The molecule has 92 valence electrons. The van der Waals surface area contributed by atoms with Gasteiger partial charge in [0, 0.05) is 12.2 Å². The van der Waals surface area contributed by atoms with Crippen molar-refractivity contribution in [3.8, 4) is 0 Å². The first-order chi connectivity index (χ1) is 8.84. The Labute approximate surface area is 104 Å². The predicted octanol–water partition coefficient (Wildman–Crippen LogP) is 0.722. The second-order valence-electron chi connectivity index (χ2n) is 4.28. The van der Waals surface area contributed by atoms with E-state index < -0.39 is 0 Å². The largest absolute Gasteiger partial charge is 0.312 e. The second kappa shape index (κ2) is 4.56. The van der Waals surface area contributed by atoms with E-state index in [2.05, 4.69) is 26.7 Å². The highest BCUT2D eigenvalue weighted by Gasteiger charge is 2.22. The zero-order chi connectivity index (χ0) is 12.4. The SMILES string of the molecule is O=C(Cc1nn[nH]n1)N1CCCc2ccccc21. The summed E-state index contributed by atoms with van der Waals surface area (Å²) in [5.74, 6) is 0.451. The number of rotatable bonds is 2. The Morgan fingerprint density at radius 2 is 2.28 bits per heavy atom. The van der Waals surface area contributed by atoms with E-state index in [9.17, 15) is 4.79 Å². The Bertz CT molecular complexity index is 551. The lowest BCUT2D eigenvalue weighted by Gasteiger charge is -2.29. The minimum absolute atomic E-state index is 0.0172. The third kappa shape index (κ3) is 1.97. The summed E-state index contributed by atoms with van der Waals surface area (Å²) < 4.78 is 0. The van der Waals surface area contributed by atoms with Crippen molar-refractivity contribution in [3.63, 3.8) is 0 Å². The van der Waals surface area contributed by atoms with Crippen LogP contribution in [0, 0.1) is 0 Å². The van der Waals surface area contributed by atoms with Gasteiger partial charge in [-0.25, -0.2) is 0 Å². The number of fused-ring (bicyclic) bond motifs is 1. The van der Waals surface area contributed by atoms with E-state index in [1.807, 2.05) is 23.1 Å². The first kappa shape index (κ1) is 10.9. The molecule has 0 fully saturated rings. The summed E-state index contributed by atoms with van der Waals surface area (Å²) in [7, 11) is 0. The predicted molar refractivity (Wildman–Crippen MR) is 65.0 cm³/mol. The molecule has 0 saturated carbocycles. The number of amides is 1. The first-order valence-corrected chi connectivity index (χ1v) is 5.95. The summed E-state index contributed by atoms with van der Waals surface area (Å²) in [6.07, 6.45) is 2.21. The van der Waals surface area contributed by atoms with Crippen LogP contribution < -0.4 is 4.90 Å². The van der Waals surface area contributed by atoms with E-state index in [4.69, 9.17) is 0 Å². The number of H-pyrrole nitrogens is 1. The number of nitrogens with zero attached hydrogens (tertiary/aromatic N) is 4. The van der Waals surface area contributed by atoms with Gasteiger partial charge in [0.05, 0.1) is 6.42 Å². The quantitative estimate of drug-likeness (QED) is 0.843. The van der Waals surface area contributed by atoms with E-state index in [0.29, 0.717) is 5.82 Å². The molecule has 6 heteroatoms. The molecule has 1 aliphatic rings. The highest BCUT2D eigenvalue weighted by atomic mass is 16.2. The summed E-state index contributed by atoms with van der Waals surface area (Å²) in [5, 5.41) is 13.4. The van der Waals surface area contributed by atoms with Crippen LogP contribution >= 0.6 is 0 Å². The molecule has 0 spiro atoms. The van der Waals surface area contributed by atoms with Gasteiger partial charge in [-0.15, -0.1) is 10.2 Å². The Morgan fingerprint density at radius 3 is 3.11 bits per heavy atom. The van der Waals surface area contributed by atoms with Gasteiger partial charge in [0.15, 0.2) is 5.82 Å². The zero-order valence-corrected chi connectivity index (χ0v) is 9.83. The van der Waals surface area contributed by atoms with Crippen LogP contribution in [-0.4, -0.2) is 33.1 Å². The van der Waals surface area contributed by atoms with Gasteiger partial charge in [0.1, 0.15) is 0 Å². The number of nitrogens with one attached hydrogen (secondary N) is 1. The Hall–Kier alpha value is -2.24. The molecule has 0 aliphatic carbocycles. The van der Waals surface area contributed by atoms with Crippen LogP contribution in [0.25, 0.3) is 0 Å². The molecule has 1 N–H and O–H groups in total. The van der Waals surface area contributed by atoms with Gasteiger partial charge < -0.3 is 4.90 Å². The fourth-order valence-electron chi connectivity index (χ4n) is 2.28. The fourth-order valence-corrected chi connectivity index (χ4v) is 2.28. The number of anilines is 1. The van der Waals surface area contributed by atoms with E-state index in [0.717, 1.165) is 25.1 Å². The third-order valence-electron chi connectivity index (χ3n) is 3.11. The smallest absolute Gasteiger partial charge is 0.234 e. The normalized spacial score (nSPS) is 14.3. The van der Waals surface area contributed by atoms with Crippen molar-refractivity contribution in [1.29, 1.82) is 0 Å². The van der Waals surface area contributed by atoms with Crippen LogP contribution in [0.4, 0.5) is 5.69 Å². The summed E-state index contributed by atoms with van der Waals surface area (Å²) >= 11 is 0. The van der Waals surface area contributed by atoms with Gasteiger partial charge in [0.2, 0.25) is 5.91 Å². The number of aryl methyl sites for hydroxylation is 1. The molecule has 1 aliphatic heterocycles. The molecule has 3 rings (SSSR count). The lowest BCUT2D eigenvalue weighted by molar-refractivity contribution is -0.118. The molecule has 0 unspecified atom stereocenters. The Kier molecular flexibility index (Phi) is 2.76. The van der Waals surface area contributed by atoms with Crippen molar-refractivity contribution in [2.24, 2.45) is 0 Å². The van der Waals surface area contributed by atoms with Crippen LogP contribution in [0.3, 0.4) is 0 Å². The maximum Gasteiger partial charge on any atom is 0.234 e. The third-order valence-corrected chi connectivity index (χ3v) is 3.11. The molecule has 6 nitrogen and oxygen atoms in total. The van der Waals surface area contributed by atoms with Crippen LogP contribution in [0.5, 0.6) is 0 Å². The molecule has 1 aromatic carbocycles. The van der Waals surface area contributed by atoms with Crippen LogP contribution in [-0.2, 0) is 17.6 Å². The van der Waals surface area contributed by atoms with E-state index in [-0.39, 0.29) is 12.3 Å². The van der Waals surface area contributed by atoms with Gasteiger partial charge in [-0.2, -0.15) is 5.21 Å². The highest BCUT2D eigenvalue weighted by molar-refractivity contribution is 5.95. The van der Waals surface area contributed by atoms with E-state index in [1.54, 1.807) is 0 Å². The number of aromatic amines is 1. The minimum Gasteiger partial charge on any atom is -0.312 e. The molecule has 0 bridgehead atoms. The number of hydrogen-bond acceptors (Lipinski definition) is 4. The molecule has 1 amide bonds. The molecule has 0 saturated heterocycles. The van der Waals surface area contributed by atoms with Gasteiger partial charge in [-0.1, -0.05) is 23.4 Å². The molecular formula is C12H13N5O. The van der Waals surface area contributed by atoms with E-state index >= 15 is 0 Å². The standard InChI is InChI=1S/C12H13N5O/c18-12(8-11-13-15-16-14-11)17-7-3-5-9-4-1-2-6-10(9)17/h1-2,4,6H,3,5,7-8H2,(H,13,14,15,16). The van der Waals surface area contributed by atoms with Crippen molar-refractivity contribution >= 4 is 11.6 Å². The Balaban J connectivity index is 1.83. The molecule has 2 aromatic rings. The maximum absolute atomic E-state index is 12.2. The lowest BCUT2D eigenvalue weighted by Crippen LogP contribution is -2.36. The minimum atomic E-state index is 0.0172. The average molecular weight is 243 g/mol. The van der Waals surface area contributed by atoms with Crippen LogP contribution in [0.1, 0.15) is 17.8 Å². The van der Waals surface area contributed by atoms with Crippen LogP contribution in [0.15, 0.2) is 24.3 Å². The summed E-state index contributed by atoms with van der Waals surface area (Å²) in [5.41, 5.74) is 2.24. The number of tetrazole rings is 1. The van der Waals surface area contributed by atoms with Crippen LogP contribution in [0.2, 0.25) is 0 Å². The number of para-hydroxylation sites is 1. The molecule has 18 heavy (non-hydrogen) atoms. The van der Waals surface area contributed by atoms with Gasteiger partial charge >= 0.3 is 0 Å². The summed E-state index contributed by atoms with van der Waals surface area (Å²) in [6.45, 7) is 0.758. The molecular weight excluding hydrogens is 230 g/mol. The van der Waals surface area contributed by atoms with E-state index in [1.165, 1.54) is 5.56 Å². The van der Waals surface area contributed by atoms with Crippen molar-refractivity contribution in [2.75, 3.05) is 11.4 Å². The van der Waals surface area contributed by atoms with Gasteiger partial charge in [-0.05, 0) is 24.5 Å². The molecule has 0 radical (unpaired) electrons. The Morgan fingerprint density at radius 1 is 1.39 bits per heavy atom. The number of benzene rings is 1. The first-order valence-electron chi connectivity index (χ1n) is 5.95. The molecule has 1 aromatic heterocycles. The highest BCUT2D eigenvalue weighted by Crippen LogP contribution is 2.26. The fraction of sp³-hybridized carbons (Fsp3) is 0.333. The van der Waals surface area contributed by atoms with Gasteiger partial charge in [-0.3, -0.25) is 4.79 Å². The summed E-state index contributed by atoms with van der Waals surface area (Å²) in [4.78, 5) is 14.0. The second-order valence-corrected chi connectivity index (χ2v) is 4.28. The number of hydrogen-bond donors (Lipinski definition) is 1. The molecule has 0 atom stereocenters. The topological polar surface area (TPSA) is 74.8 Å². The monoisotopic (exact) mass is 243 g/mol. The number of aromatic nitrogens is 4. The average Bonchev–Trinajstić information content (AvgIpc) is 2.91. The summed E-state index contributed by atoms with van der Waals surface area (Å²) in [6, 6.07) is 8.02. The van der Waals surface area contributed by atoms with Crippen molar-refractivity contribution in [3.05, 3.63) is 35.7 Å².